The second-order valence-electron chi connectivity index (χ2n) is 6.05. The fraction of sp³-hybridized carbons (Fsp3) is 0.692. The van der Waals surface area contributed by atoms with Crippen LogP contribution in [0.4, 0.5) is 5.82 Å². The highest BCUT2D eigenvalue weighted by atomic mass is 32.1. The smallest absolute Gasteiger partial charge is 0.387 e. The molecule has 1 aromatic heterocycles. The van der Waals surface area contributed by atoms with Crippen LogP contribution in [0.3, 0.4) is 0 Å². The molecule has 1 aromatic rings. The van der Waals surface area contributed by atoms with Crippen LogP contribution in [-0.4, -0.2) is 72.3 Å². The summed E-state index contributed by atoms with van der Waals surface area (Å²) in [6.45, 7) is 2.22. The van der Waals surface area contributed by atoms with Crippen molar-refractivity contribution in [2.24, 2.45) is 4.99 Å². The van der Waals surface area contributed by atoms with E-state index >= 15 is 0 Å². The Morgan fingerprint density at radius 3 is 2.77 bits per heavy atom. The van der Waals surface area contributed by atoms with Crippen LogP contribution in [0.2, 0.25) is 0 Å². The fourth-order valence-electron chi connectivity index (χ4n) is 2.92. The van der Waals surface area contributed by atoms with Crippen molar-refractivity contribution in [3.8, 4) is 0 Å². The van der Waals surface area contributed by atoms with Crippen LogP contribution >= 0.6 is 20.5 Å². The Bertz CT molecular complexity index is 725. The number of hydrogen-bond acceptors (Lipinski definition) is 9. The molecule has 0 saturated carbocycles. The Kier molecular flexibility index (Phi) is 5.75. The number of aliphatic imine (C=N–C) groups is 1. The zero-order valence-corrected chi connectivity index (χ0v) is 15.6. The zero-order valence-electron chi connectivity index (χ0n) is 13.9. The summed E-state index contributed by atoms with van der Waals surface area (Å²) in [5, 5.41) is 20.1. The van der Waals surface area contributed by atoms with Gasteiger partial charge in [-0.3, -0.25) is 9.09 Å². The van der Waals surface area contributed by atoms with Gasteiger partial charge in [0.2, 0.25) is 0 Å². The maximum atomic E-state index is 10.8. The maximum Gasteiger partial charge on any atom is 0.469 e. The van der Waals surface area contributed by atoms with Crippen LogP contribution in [0.15, 0.2) is 11.3 Å². The molecule has 5 atom stereocenters. The van der Waals surface area contributed by atoms with E-state index in [0.29, 0.717) is 11.5 Å². The van der Waals surface area contributed by atoms with Crippen molar-refractivity contribution in [3.05, 3.63) is 12.0 Å². The van der Waals surface area contributed by atoms with Gasteiger partial charge in [-0.1, -0.05) is 6.92 Å². The number of hydrogen-bond donors (Lipinski definition) is 5. The second kappa shape index (κ2) is 7.56. The van der Waals surface area contributed by atoms with Gasteiger partial charge >= 0.3 is 7.82 Å². The van der Waals surface area contributed by atoms with Crippen molar-refractivity contribution in [2.75, 3.05) is 13.2 Å². The molecule has 0 aliphatic carbocycles. The first-order valence-electron chi connectivity index (χ1n) is 7.99. The van der Waals surface area contributed by atoms with Crippen molar-refractivity contribution in [1.82, 2.24) is 14.5 Å². The second-order valence-corrected chi connectivity index (χ2v) is 7.78. The third-order valence-corrected chi connectivity index (χ3v) is 5.21. The van der Waals surface area contributed by atoms with Crippen LogP contribution in [0.1, 0.15) is 30.6 Å². The van der Waals surface area contributed by atoms with Gasteiger partial charge in [0, 0.05) is 6.54 Å². The lowest BCUT2D eigenvalue weighted by Gasteiger charge is -2.28. The zero-order chi connectivity index (χ0) is 19.1. The average Bonchev–Trinajstić information content (AvgIpc) is 3.11. The molecular formula is C13H21N4O7PS. The highest BCUT2D eigenvalue weighted by Crippen LogP contribution is 2.41. The van der Waals surface area contributed by atoms with Gasteiger partial charge in [-0.05, 0) is 6.42 Å². The molecular weight excluding hydrogens is 387 g/mol. The molecule has 13 heteroatoms. The summed E-state index contributed by atoms with van der Waals surface area (Å²) in [6.07, 6.45) is -0.904. The number of aromatic nitrogens is 2. The Labute approximate surface area is 154 Å². The van der Waals surface area contributed by atoms with E-state index in [-0.39, 0.29) is 5.37 Å². The van der Waals surface area contributed by atoms with Crippen molar-refractivity contribution in [2.45, 2.75) is 43.3 Å². The van der Waals surface area contributed by atoms with Gasteiger partial charge < -0.3 is 29.6 Å². The number of aliphatic hydroxyl groups is 2. The molecule has 11 nitrogen and oxygen atoms in total. The largest absolute Gasteiger partial charge is 0.469 e. The first kappa shape index (κ1) is 19.8. The number of fused-ring (bicyclic) bond motifs is 1. The third kappa shape index (κ3) is 3.82. The van der Waals surface area contributed by atoms with Crippen LogP contribution in [0.25, 0.3) is 0 Å². The summed E-state index contributed by atoms with van der Waals surface area (Å²) < 4.78 is 22.2. The minimum absolute atomic E-state index is 0.305. The van der Waals surface area contributed by atoms with Crippen LogP contribution in [-0.2, 0) is 13.8 Å². The summed E-state index contributed by atoms with van der Waals surface area (Å²) in [6, 6.07) is 0. The van der Waals surface area contributed by atoms with Crippen molar-refractivity contribution >= 4 is 32.6 Å². The third-order valence-electron chi connectivity index (χ3n) is 4.18. The number of nitrogens with zero attached hydrogens (tertiary/aromatic N) is 4. The molecule has 4 N–H and O–H groups in total. The molecule has 0 bridgehead atoms. The molecule has 3 unspecified atom stereocenters. The van der Waals surface area contributed by atoms with E-state index < -0.39 is 39.0 Å². The molecule has 26 heavy (non-hydrogen) atoms. The summed E-state index contributed by atoms with van der Waals surface area (Å²) >= 11 is 4.55. The van der Waals surface area contributed by atoms with Gasteiger partial charge in [0.05, 0.1) is 19.3 Å². The molecule has 3 heterocycles. The molecule has 0 spiro atoms. The first-order valence-corrected chi connectivity index (χ1v) is 10.0. The van der Waals surface area contributed by atoms with Crippen LogP contribution in [0.5, 0.6) is 0 Å². The molecule has 1 saturated heterocycles. The highest BCUT2D eigenvalue weighted by Gasteiger charge is 2.45. The Morgan fingerprint density at radius 1 is 1.38 bits per heavy atom. The molecule has 2 aliphatic rings. The van der Waals surface area contributed by atoms with Gasteiger partial charge in [0.1, 0.15) is 29.4 Å². The molecule has 0 amide bonds. The Balaban J connectivity index is 1.79. The van der Waals surface area contributed by atoms with Gasteiger partial charge in [-0.15, -0.1) is 12.6 Å². The van der Waals surface area contributed by atoms with E-state index in [9.17, 15) is 14.8 Å². The molecule has 0 aromatic carbocycles. The summed E-state index contributed by atoms with van der Waals surface area (Å²) in [7, 11) is -4.72. The SMILES string of the molecule is CCCN1C=Nc2c(ncn2[C@@H]2O[C@H](COP(=O)(O)O)C(O)C2O)C1S. The number of phosphoric ester groups is 1. The lowest BCUT2D eigenvalue weighted by molar-refractivity contribution is -0.0513. The summed E-state index contributed by atoms with van der Waals surface area (Å²) in [5.41, 5.74) is 0.587. The molecule has 3 rings (SSSR count). The van der Waals surface area contributed by atoms with E-state index in [1.165, 1.54) is 10.9 Å². The van der Waals surface area contributed by atoms with Crippen molar-refractivity contribution < 1.29 is 33.8 Å². The van der Waals surface area contributed by atoms with Gasteiger partial charge in [0.25, 0.3) is 0 Å². The van der Waals surface area contributed by atoms with Gasteiger partial charge in [-0.2, -0.15) is 0 Å². The van der Waals surface area contributed by atoms with E-state index in [0.717, 1.165) is 13.0 Å². The van der Waals surface area contributed by atoms with Gasteiger partial charge in [-0.25, -0.2) is 14.5 Å². The fourth-order valence-corrected chi connectivity index (χ4v) is 3.62. The number of thiol groups is 1. The quantitative estimate of drug-likeness (QED) is 0.322. The minimum atomic E-state index is -4.72. The normalized spacial score (nSPS) is 31.5. The lowest BCUT2D eigenvalue weighted by atomic mass is 10.1. The highest BCUT2D eigenvalue weighted by molar-refractivity contribution is 7.80. The van der Waals surface area contributed by atoms with Crippen molar-refractivity contribution in [3.63, 3.8) is 0 Å². The molecule has 146 valence electrons. The topological polar surface area (TPSA) is 150 Å². The predicted octanol–water partition coefficient (Wildman–Crippen LogP) is -0.0746. The van der Waals surface area contributed by atoms with Crippen LogP contribution in [0, 0.1) is 0 Å². The number of aliphatic hydroxyl groups excluding tert-OH is 2. The van der Waals surface area contributed by atoms with E-state index in [1.807, 2.05) is 11.8 Å². The number of rotatable bonds is 6. The first-order chi connectivity index (χ1) is 12.2. The summed E-state index contributed by atoms with van der Waals surface area (Å²) in [4.78, 5) is 28.1. The van der Waals surface area contributed by atoms with E-state index in [1.54, 1.807) is 6.34 Å². The molecule has 0 radical (unpaired) electrons. The monoisotopic (exact) mass is 408 g/mol. The molecule has 1 fully saturated rings. The Morgan fingerprint density at radius 2 is 2.12 bits per heavy atom. The number of phosphoric acid groups is 1. The standard InChI is InChI=1S/C13H21N4O7PS/c1-2-3-16-5-15-11-8(13(16)26)14-6-17(11)12-10(19)9(18)7(24-12)4-23-25(20,21)22/h5-7,9-10,12-13,18-19,26H,2-4H2,1H3,(H2,20,21,22)/t7-,9?,10?,12-,13?/m1/s1. The average molecular weight is 408 g/mol. The van der Waals surface area contributed by atoms with E-state index in [2.05, 4.69) is 27.1 Å². The molecule has 2 aliphatic heterocycles. The maximum absolute atomic E-state index is 10.8. The number of imidazole rings is 1. The predicted molar refractivity (Wildman–Crippen MR) is 93.0 cm³/mol. The number of ether oxygens (including phenoxy) is 1. The minimum Gasteiger partial charge on any atom is -0.387 e. The van der Waals surface area contributed by atoms with Crippen LogP contribution < -0.4 is 0 Å². The van der Waals surface area contributed by atoms with Gasteiger partial charge in [0.15, 0.2) is 12.0 Å². The Hall–Kier alpha value is -0.980. The van der Waals surface area contributed by atoms with Crippen molar-refractivity contribution in [1.29, 1.82) is 0 Å². The lowest BCUT2D eigenvalue weighted by Crippen LogP contribution is -2.33. The summed E-state index contributed by atoms with van der Waals surface area (Å²) in [5.74, 6) is 0.435. The van der Waals surface area contributed by atoms with E-state index in [4.69, 9.17) is 14.5 Å².